The van der Waals surface area contributed by atoms with E-state index in [1.54, 1.807) is 6.07 Å². The van der Waals surface area contributed by atoms with Crippen LogP contribution in [-0.4, -0.2) is 10.1 Å². The summed E-state index contributed by atoms with van der Waals surface area (Å²) in [6, 6.07) is 8.26. The summed E-state index contributed by atoms with van der Waals surface area (Å²) in [6.07, 6.45) is 0. The summed E-state index contributed by atoms with van der Waals surface area (Å²) >= 11 is 0. The SMILES string of the molecule is Cc1[nH]c2ccc(C(C)(C)C)cc2c1-c1cc(N)no1. The van der Waals surface area contributed by atoms with Crippen molar-refractivity contribution < 1.29 is 4.52 Å². The third kappa shape index (κ3) is 1.97. The van der Waals surface area contributed by atoms with E-state index in [1.165, 1.54) is 5.56 Å². The fourth-order valence-electron chi connectivity index (χ4n) is 2.52. The quantitative estimate of drug-likeness (QED) is 0.701. The highest BCUT2D eigenvalue weighted by Crippen LogP contribution is 2.35. The van der Waals surface area contributed by atoms with Crippen LogP contribution in [0.5, 0.6) is 0 Å². The van der Waals surface area contributed by atoms with Crippen molar-refractivity contribution in [3.05, 3.63) is 35.5 Å². The van der Waals surface area contributed by atoms with Gasteiger partial charge < -0.3 is 15.2 Å². The van der Waals surface area contributed by atoms with Gasteiger partial charge in [-0.3, -0.25) is 0 Å². The van der Waals surface area contributed by atoms with Gasteiger partial charge in [0.05, 0.1) is 0 Å². The molecule has 3 rings (SSSR count). The number of benzene rings is 1. The van der Waals surface area contributed by atoms with Crippen molar-refractivity contribution >= 4 is 16.7 Å². The summed E-state index contributed by atoms with van der Waals surface area (Å²) in [7, 11) is 0. The van der Waals surface area contributed by atoms with Crippen molar-refractivity contribution in [2.45, 2.75) is 33.1 Å². The van der Waals surface area contributed by atoms with E-state index in [-0.39, 0.29) is 5.41 Å². The molecule has 0 bridgehead atoms. The number of nitrogens with zero attached hydrogens (tertiary/aromatic N) is 1. The highest BCUT2D eigenvalue weighted by Gasteiger charge is 2.19. The van der Waals surface area contributed by atoms with Crippen molar-refractivity contribution in [3.63, 3.8) is 0 Å². The Morgan fingerprint density at radius 1 is 1.20 bits per heavy atom. The van der Waals surface area contributed by atoms with Gasteiger partial charge in [-0.2, -0.15) is 0 Å². The Hall–Kier alpha value is -2.23. The minimum Gasteiger partial charge on any atom is -0.381 e. The number of nitrogen functional groups attached to an aromatic ring is 1. The Morgan fingerprint density at radius 3 is 2.55 bits per heavy atom. The van der Waals surface area contributed by atoms with E-state index in [4.69, 9.17) is 10.3 Å². The maximum Gasteiger partial charge on any atom is 0.171 e. The van der Waals surface area contributed by atoms with Gasteiger partial charge in [0.15, 0.2) is 11.6 Å². The Kier molecular flexibility index (Phi) is 2.64. The molecule has 0 spiro atoms. The maximum atomic E-state index is 5.66. The molecular weight excluding hydrogens is 250 g/mol. The number of aryl methyl sites for hydroxylation is 1. The molecule has 0 saturated heterocycles. The first kappa shape index (κ1) is 12.8. The number of anilines is 1. The number of hydrogen-bond donors (Lipinski definition) is 2. The third-order valence-corrected chi connectivity index (χ3v) is 3.63. The van der Waals surface area contributed by atoms with E-state index in [2.05, 4.69) is 49.1 Å². The van der Waals surface area contributed by atoms with Crippen LogP contribution in [0.3, 0.4) is 0 Å². The van der Waals surface area contributed by atoms with Crippen LogP contribution in [-0.2, 0) is 5.41 Å². The molecule has 2 heterocycles. The zero-order valence-electron chi connectivity index (χ0n) is 12.2. The lowest BCUT2D eigenvalue weighted by molar-refractivity contribution is 0.436. The molecule has 4 nitrogen and oxygen atoms in total. The summed E-state index contributed by atoms with van der Waals surface area (Å²) < 4.78 is 5.33. The van der Waals surface area contributed by atoms with Gasteiger partial charge in [-0.05, 0) is 30.0 Å². The summed E-state index contributed by atoms with van der Waals surface area (Å²) in [4.78, 5) is 3.38. The molecule has 0 radical (unpaired) electrons. The molecule has 20 heavy (non-hydrogen) atoms. The number of nitrogens with one attached hydrogen (secondary N) is 1. The van der Waals surface area contributed by atoms with Gasteiger partial charge in [0.1, 0.15) is 0 Å². The molecular formula is C16H19N3O. The van der Waals surface area contributed by atoms with E-state index < -0.39 is 0 Å². The number of aromatic amines is 1. The van der Waals surface area contributed by atoms with E-state index >= 15 is 0 Å². The Balaban J connectivity index is 2.28. The van der Waals surface area contributed by atoms with Gasteiger partial charge in [-0.1, -0.05) is 32.0 Å². The second-order valence-corrected chi connectivity index (χ2v) is 6.25. The molecule has 0 aliphatic heterocycles. The van der Waals surface area contributed by atoms with Crippen LogP contribution in [0.4, 0.5) is 5.82 Å². The van der Waals surface area contributed by atoms with Crippen molar-refractivity contribution in [1.82, 2.24) is 10.1 Å². The molecule has 4 heteroatoms. The van der Waals surface area contributed by atoms with Crippen molar-refractivity contribution in [2.24, 2.45) is 0 Å². The number of aromatic nitrogens is 2. The Labute approximate surface area is 118 Å². The first-order chi connectivity index (χ1) is 9.36. The molecule has 104 valence electrons. The highest BCUT2D eigenvalue weighted by atomic mass is 16.5. The first-order valence-corrected chi connectivity index (χ1v) is 6.71. The fraction of sp³-hybridized carbons (Fsp3) is 0.312. The van der Waals surface area contributed by atoms with E-state index in [0.717, 1.165) is 22.2 Å². The van der Waals surface area contributed by atoms with Gasteiger partial charge in [0, 0.05) is 28.2 Å². The van der Waals surface area contributed by atoms with Crippen molar-refractivity contribution in [1.29, 1.82) is 0 Å². The van der Waals surface area contributed by atoms with Crippen LogP contribution in [0.1, 0.15) is 32.0 Å². The molecule has 0 aliphatic carbocycles. The average molecular weight is 269 g/mol. The molecule has 0 aliphatic rings. The van der Waals surface area contributed by atoms with Gasteiger partial charge in [-0.15, -0.1) is 0 Å². The second kappa shape index (κ2) is 4.13. The monoisotopic (exact) mass is 269 g/mol. The van der Waals surface area contributed by atoms with E-state index in [0.29, 0.717) is 11.6 Å². The van der Waals surface area contributed by atoms with Crippen LogP contribution in [0.25, 0.3) is 22.2 Å². The number of rotatable bonds is 1. The summed E-state index contributed by atoms with van der Waals surface area (Å²) in [5, 5.41) is 4.93. The second-order valence-electron chi connectivity index (χ2n) is 6.25. The fourth-order valence-corrected chi connectivity index (χ4v) is 2.52. The maximum absolute atomic E-state index is 5.66. The highest BCUT2D eigenvalue weighted by molar-refractivity contribution is 5.96. The predicted octanol–water partition coefficient (Wildman–Crippen LogP) is 4.01. The molecule has 0 saturated carbocycles. The van der Waals surface area contributed by atoms with E-state index in [9.17, 15) is 0 Å². The topological polar surface area (TPSA) is 67.8 Å². The van der Waals surface area contributed by atoms with Gasteiger partial charge in [0.2, 0.25) is 0 Å². The smallest absolute Gasteiger partial charge is 0.171 e. The molecule has 0 atom stereocenters. The van der Waals surface area contributed by atoms with E-state index in [1.807, 2.05) is 6.92 Å². The average Bonchev–Trinajstić information content (AvgIpc) is 2.89. The van der Waals surface area contributed by atoms with Gasteiger partial charge in [-0.25, -0.2) is 0 Å². The lowest BCUT2D eigenvalue weighted by Crippen LogP contribution is -2.10. The molecule has 1 aromatic carbocycles. The molecule has 2 aromatic heterocycles. The summed E-state index contributed by atoms with van der Waals surface area (Å²) in [5.41, 5.74) is 10.3. The van der Waals surface area contributed by atoms with Crippen molar-refractivity contribution in [2.75, 3.05) is 5.73 Å². The molecule has 0 fully saturated rings. The molecule has 0 amide bonds. The van der Waals surface area contributed by atoms with Crippen LogP contribution in [0.2, 0.25) is 0 Å². The third-order valence-electron chi connectivity index (χ3n) is 3.63. The minimum atomic E-state index is 0.108. The summed E-state index contributed by atoms with van der Waals surface area (Å²) in [5.74, 6) is 1.11. The van der Waals surface area contributed by atoms with Crippen molar-refractivity contribution in [3.8, 4) is 11.3 Å². The zero-order chi connectivity index (χ0) is 14.5. The molecule has 3 aromatic rings. The lowest BCUT2D eigenvalue weighted by Gasteiger charge is -2.19. The molecule has 0 unspecified atom stereocenters. The Bertz CT molecular complexity index is 775. The zero-order valence-corrected chi connectivity index (χ0v) is 12.2. The largest absolute Gasteiger partial charge is 0.381 e. The normalized spacial score (nSPS) is 12.2. The van der Waals surface area contributed by atoms with Gasteiger partial charge >= 0.3 is 0 Å². The first-order valence-electron chi connectivity index (χ1n) is 6.71. The minimum absolute atomic E-state index is 0.108. The van der Waals surface area contributed by atoms with Crippen LogP contribution < -0.4 is 5.73 Å². The number of H-pyrrole nitrogens is 1. The number of hydrogen-bond acceptors (Lipinski definition) is 3. The lowest BCUT2D eigenvalue weighted by atomic mass is 9.86. The Morgan fingerprint density at radius 2 is 1.95 bits per heavy atom. The number of fused-ring (bicyclic) bond motifs is 1. The predicted molar refractivity (Wildman–Crippen MR) is 81.6 cm³/mol. The standard InChI is InChI=1S/C16H19N3O/c1-9-15(13-8-14(17)19-20-13)11-7-10(16(2,3)4)5-6-12(11)18-9/h5-8,18H,1-4H3,(H2,17,19). The van der Waals surface area contributed by atoms with Gasteiger partial charge in [0.25, 0.3) is 0 Å². The van der Waals surface area contributed by atoms with Crippen LogP contribution in [0.15, 0.2) is 28.8 Å². The number of nitrogens with two attached hydrogens (primary N) is 1. The van der Waals surface area contributed by atoms with Crippen LogP contribution >= 0.6 is 0 Å². The molecule has 3 N–H and O–H groups in total. The van der Waals surface area contributed by atoms with Crippen LogP contribution in [0, 0.1) is 6.92 Å². The summed E-state index contributed by atoms with van der Waals surface area (Å²) in [6.45, 7) is 8.66.